The van der Waals surface area contributed by atoms with Gasteiger partial charge in [-0.25, -0.2) is 15.0 Å². The molecule has 0 bridgehead atoms. The van der Waals surface area contributed by atoms with Gasteiger partial charge in [-0.3, -0.25) is 0 Å². The summed E-state index contributed by atoms with van der Waals surface area (Å²) >= 11 is 0. The van der Waals surface area contributed by atoms with Crippen LogP contribution in [-0.2, 0) is 0 Å². The number of nitrogens with zero attached hydrogens (tertiary/aromatic N) is 3. The van der Waals surface area contributed by atoms with Crippen LogP contribution in [0.15, 0.2) is 61.1 Å². The van der Waals surface area contributed by atoms with E-state index in [4.69, 9.17) is 9.47 Å². The average molecular weight is 283 g/mol. The van der Waals surface area contributed by atoms with Gasteiger partial charge in [-0.15, -0.1) is 0 Å². The molecular weight excluding hydrogens is 273 g/mol. The van der Waals surface area contributed by atoms with E-state index in [1.54, 1.807) is 30.5 Å². The van der Waals surface area contributed by atoms with Crippen LogP contribution in [0, 0.1) is 5.95 Å². The third kappa shape index (κ3) is 3.50. The predicted octanol–water partition coefficient (Wildman–Crippen LogP) is 3.60. The minimum absolute atomic E-state index is 0.358. The van der Waals surface area contributed by atoms with Crippen molar-refractivity contribution in [3.63, 3.8) is 0 Å². The summed E-state index contributed by atoms with van der Waals surface area (Å²) in [6, 6.07) is 11.4. The molecule has 3 rings (SSSR count). The molecule has 0 saturated heterocycles. The van der Waals surface area contributed by atoms with Crippen molar-refractivity contribution in [1.29, 1.82) is 0 Å². The van der Waals surface area contributed by atoms with Crippen molar-refractivity contribution in [2.24, 2.45) is 0 Å². The zero-order chi connectivity index (χ0) is 14.5. The van der Waals surface area contributed by atoms with Gasteiger partial charge in [0.15, 0.2) is 0 Å². The maximum Gasteiger partial charge on any atom is 0.219 e. The molecule has 0 aliphatic rings. The van der Waals surface area contributed by atoms with E-state index in [9.17, 15) is 4.39 Å². The Labute approximate surface area is 120 Å². The van der Waals surface area contributed by atoms with Crippen molar-refractivity contribution < 1.29 is 13.9 Å². The summed E-state index contributed by atoms with van der Waals surface area (Å²) in [6.45, 7) is 0. The van der Waals surface area contributed by atoms with Crippen molar-refractivity contribution in [2.75, 3.05) is 0 Å². The van der Waals surface area contributed by atoms with Crippen molar-refractivity contribution in [3.05, 3.63) is 67.0 Å². The maximum atomic E-state index is 12.7. The summed E-state index contributed by atoms with van der Waals surface area (Å²) < 4.78 is 23.6. The lowest BCUT2D eigenvalue weighted by atomic mass is 10.4. The van der Waals surface area contributed by atoms with Gasteiger partial charge in [0.25, 0.3) is 0 Å². The third-order valence-corrected chi connectivity index (χ3v) is 2.49. The van der Waals surface area contributed by atoms with Crippen LogP contribution in [0.2, 0.25) is 0 Å². The molecule has 104 valence electrons. The molecule has 0 radical (unpaired) electrons. The number of pyridine rings is 3. The van der Waals surface area contributed by atoms with Crippen LogP contribution in [0.4, 0.5) is 4.39 Å². The molecule has 0 atom stereocenters. The molecule has 0 fully saturated rings. The molecule has 6 heteroatoms. The molecular formula is C15H10FN3O2. The van der Waals surface area contributed by atoms with Crippen LogP contribution in [-0.4, -0.2) is 15.0 Å². The lowest BCUT2D eigenvalue weighted by molar-refractivity contribution is 0.441. The molecule has 3 heterocycles. The normalized spacial score (nSPS) is 10.1. The number of aromatic nitrogens is 3. The number of hydrogen-bond acceptors (Lipinski definition) is 5. The van der Waals surface area contributed by atoms with Crippen LogP contribution in [0.3, 0.4) is 0 Å². The van der Waals surface area contributed by atoms with E-state index in [2.05, 4.69) is 15.0 Å². The summed E-state index contributed by atoms with van der Waals surface area (Å²) in [4.78, 5) is 11.6. The van der Waals surface area contributed by atoms with Gasteiger partial charge < -0.3 is 9.47 Å². The predicted molar refractivity (Wildman–Crippen MR) is 72.8 cm³/mol. The topological polar surface area (TPSA) is 57.1 Å². The highest BCUT2D eigenvalue weighted by Crippen LogP contribution is 2.22. The van der Waals surface area contributed by atoms with Gasteiger partial charge in [0.05, 0.1) is 12.4 Å². The van der Waals surface area contributed by atoms with Crippen molar-refractivity contribution in [3.8, 4) is 23.3 Å². The molecule has 0 aliphatic carbocycles. The first-order valence-corrected chi connectivity index (χ1v) is 6.14. The zero-order valence-electron chi connectivity index (χ0n) is 10.8. The minimum atomic E-state index is -0.561. The van der Waals surface area contributed by atoms with Gasteiger partial charge in [-0.05, 0) is 24.3 Å². The zero-order valence-corrected chi connectivity index (χ0v) is 10.8. The monoisotopic (exact) mass is 283 g/mol. The fraction of sp³-hybridized carbons (Fsp3) is 0. The van der Waals surface area contributed by atoms with E-state index in [0.717, 1.165) is 0 Å². The fourth-order valence-electron chi connectivity index (χ4n) is 1.56. The highest BCUT2D eigenvalue weighted by Gasteiger charge is 2.02. The second-order valence-corrected chi connectivity index (χ2v) is 4.02. The van der Waals surface area contributed by atoms with E-state index in [-0.39, 0.29) is 0 Å². The Hall–Kier alpha value is -3.02. The molecule has 3 aromatic heterocycles. The molecule has 3 aromatic rings. The highest BCUT2D eigenvalue weighted by molar-refractivity contribution is 5.29. The Balaban J connectivity index is 1.68. The van der Waals surface area contributed by atoms with Gasteiger partial charge in [-0.1, -0.05) is 6.07 Å². The van der Waals surface area contributed by atoms with Crippen molar-refractivity contribution >= 4 is 0 Å². The number of halogens is 1. The Kier molecular flexibility index (Phi) is 3.68. The quantitative estimate of drug-likeness (QED) is 0.685. The molecule has 0 saturated carbocycles. The van der Waals surface area contributed by atoms with Crippen LogP contribution in [0.1, 0.15) is 0 Å². The molecule has 0 unspecified atom stereocenters. The summed E-state index contributed by atoms with van der Waals surface area (Å²) in [7, 11) is 0. The minimum Gasteiger partial charge on any atom is -0.437 e. The van der Waals surface area contributed by atoms with Crippen LogP contribution < -0.4 is 9.47 Å². The molecule has 0 spiro atoms. The number of hydrogen-bond donors (Lipinski definition) is 0. The summed E-state index contributed by atoms with van der Waals surface area (Å²) in [5.74, 6) is 1.22. The molecule has 5 nitrogen and oxygen atoms in total. The smallest absolute Gasteiger partial charge is 0.219 e. The van der Waals surface area contributed by atoms with E-state index in [1.165, 1.54) is 24.5 Å². The van der Waals surface area contributed by atoms with Gasteiger partial charge in [0.1, 0.15) is 11.5 Å². The molecule has 0 N–H and O–H groups in total. The molecule has 0 aliphatic heterocycles. The lowest BCUT2D eigenvalue weighted by Crippen LogP contribution is -1.91. The molecule has 0 amide bonds. The summed E-state index contributed by atoms with van der Waals surface area (Å²) in [5, 5.41) is 0. The highest BCUT2D eigenvalue weighted by atomic mass is 19.1. The fourth-order valence-corrected chi connectivity index (χ4v) is 1.56. The van der Waals surface area contributed by atoms with Gasteiger partial charge in [0, 0.05) is 18.3 Å². The first-order valence-electron chi connectivity index (χ1n) is 6.14. The average Bonchev–Trinajstić information content (AvgIpc) is 2.53. The van der Waals surface area contributed by atoms with Crippen LogP contribution >= 0.6 is 0 Å². The Morgan fingerprint density at radius 2 is 1.43 bits per heavy atom. The van der Waals surface area contributed by atoms with Gasteiger partial charge in [-0.2, -0.15) is 4.39 Å². The third-order valence-electron chi connectivity index (χ3n) is 2.49. The SMILES string of the molecule is Fc1ccc(Oc2ccc(Oc3ccccn3)cn2)cn1. The van der Waals surface area contributed by atoms with E-state index >= 15 is 0 Å². The second kappa shape index (κ2) is 5.96. The van der Waals surface area contributed by atoms with Crippen molar-refractivity contribution in [1.82, 2.24) is 15.0 Å². The maximum absolute atomic E-state index is 12.7. The van der Waals surface area contributed by atoms with E-state index in [1.807, 2.05) is 6.07 Å². The largest absolute Gasteiger partial charge is 0.437 e. The number of ether oxygens (including phenoxy) is 2. The first-order chi connectivity index (χ1) is 10.3. The second-order valence-electron chi connectivity index (χ2n) is 4.02. The van der Waals surface area contributed by atoms with Gasteiger partial charge >= 0.3 is 0 Å². The Morgan fingerprint density at radius 1 is 0.714 bits per heavy atom. The van der Waals surface area contributed by atoms with Gasteiger partial charge in [0.2, 0.25) is 17.7 Å². The lowest BCUT2D eigenvalue weighted by Gasteiger charge is -2.06. The van der Waals surface area contributed by atoms with E-state index < -0.39 is 5.95 Å². The molecule has 0 aromatic carbocycles. The molecule has 21 heavy (non-hydrogen) atoms. The Bertz CT molecular complexity index is 703. The summed E-state index contributed by atoms with van der Waals surface area (Å²) in [6.07, 6.45) is 4.44. The standard InChI is InChI=1S/C15H10FN3O2/c16-13-6-4-11(9-18-13)21-15-7-5-12(10-19-15)20-14-3-1-2-8-17-14/h1-10H. The number of rotatable bonds is 4. The first kappa shape index (κ1) is 13.0. The van der Waals surface area contributed by atoms with Crippen LogP contribution in [0.25, 0.3) is 0 Å². The Morgan fingerprint density at radius 3 is 2.00 bits per heavy atom. The van der Waals surface area contributed by atoms with Crippen molar-refractivity contribution in [2.45, 2.75) is 0 Å². The summed E-state index contributed by atoms with van der Waals surface area (Å²) in [5.41, 5.74) is 0. The van der Waals surface area contributed by atoms with E-state index in [0.29, 0.717) is 23.3 Å². The van der Waals surface area contributed by atoms with Crippen LogP contribution in [0.5, 0.6) is 23.3 Å².